The van der Waals surface area contributed by atoms with E-state index in [2.05, 4.69) is 4.99 Å². The lowest BCUT2D eigenvalue weighted by molar-refractivity contribution is -0.384. The van der Waals surface area contributed by atoms with E-state index in [9.17, 15) is 23.3 Å². The van der Waals surface area contributed by atoms with E-state index >= 15 is 0 Å². The molecule has 0 aromatic heterocycles. The SMILES string of the molecule is O=[N+]([O-])c1ccc(C2=NC2C(F)(F)F)cc1. The molecule has 0 spiro atoms. The van der Waals surface area contributed by atoms with E-state index in [0.29, 0.717) is 0 Å². The molecule has 1 aromatic rings. The normalized spacial score (nSPS) is 19.2. The van der Waals surface area contributed by atoms with Gasteiger partial charge in [0, 0.05) is 12.1 Å². The van der Waals surface area contributed by atoms with E-state index in [1.807, 2.05) is 0 Å². The van der Waals surface area contributed by atoms with Crippen molar-refractivity contribution >= 4 is 11.4 Å². The molecule has 0 bridgehead atoms. The summed E-state index contributed by atoms with van der Waals surface area (Å²) in [5, 5.41) is 10.3. The van der Waals surface area contributed by atoms with Gasteiger partial charge in [-0.05, 0) is 17.7 Å². The van der Waals surface area contributed by atoms with Crippen LogP contribution in [-0.2, 0) is 0 Å². The summed E-state index contributed by atoms with van der Waals surface area (Å²) < 4.78 is 36.5. The van der Waals surface area contributed by atoms with Crippen LogP contribution in [0.4, 0.5) is 18.9 Å². The quantitative estimate of drug-likeness (QED) is 0.578. The predicted molar refractivity (Wildman–Crippen MR) is 49.5 cm³/mol. The highest BCUT2D eigenvalue weighted by Gasteiger charge is 2.51. The second-order valence-corrected chi connectivity index (χ2v) is 3.26. The van der Waals surface area contributed by atoms with Crippen molar-refractivity contribution in [3.63, 3.8) is 0 Å². The van der Waals surface area contributed by atoms with Crippen molar-refractivity contribution in [2.24, 2.45) is 4.99 Å². The summed E-state index contributed by atoms with van der Waals surface area (Å²) in [6.45, 7) is 0. The number of nitrogens with zero attached hydrogens (tertiary/aromatic N) is 2. The number of aliphatic imine (C=N–C) groups is 1. The third-order valence-corrected chi connectivity index (χ3v) is 2.14. The minimum Gasteiger partial charge on any atom is -0.267 e. The number of hydrogen-bond acceptors (Lipinski definition) is 3. The molecule has 0 saturated heterocycles. The highest BCUT2D eigenvalue weighted by atomic mass is 19.4. The minimum absolute atomic E-state index is 0.0672. The monoisotopic (exact) mass is 230 g/mol. The molecule has 0 fully saturated rings. The van der Waals surface area contributed by atoms with Gasteiger partial charge in [0.05, 0.1) is 10.6 Å². The van der Waals surface area contributed by atoms with Gasteiger partial charge in [-0.15, -0.1) is 0 Å². The Balaban J connectivity index is 2.14. The maximum absolute atomic E-state index is 12.2. The molecule has 1 heterocycles. The maximum atomic E-state index is 12.2. The van der Waals surface area contributed by atoms with Crippen LogP contribution in [0.5, 0.6) is 0 Å². The Kier molecular flexibility index (Phi) is 2.18. The molecule has 7 heteroatoms. The van der Waals surface area contributed by atoms with Gasteiger partial charge in [0.15, 0.2) is 6.04 Å². The van der Waals surface area contributed by atoms with Crippen molar-refractivity contribution in [3.05, 3.63) is 39.9 Å². The molecule has 1 atom stereocenters. The van der Waals surface area contributed by atoms with Crippen molar-refractivity contribution in [1.82, 2.24) is 0 Å². The Bertz CT molecular complexity index is 465. The Morgan fingerprint density at radius 2 is 1.81 bits per heavy atom. The van der Waals surface area contributed by atoms with Crippen LogP contribution in [0, 0.1) is 10.1 Å². The fourth-order valence-electron chi connectivity index (χ4n) is 1.32. The number of non-ortho nitro benzene ring substituents is 1. The van der Waals surface area contributed by atoms with Crippen LogP contribution in [0.3, 0.4) is 0 Å². The zero-order valence-corrected chi connectivity index (χ0v) is 7.73. The number of nitro benzene ring substituents is 1. The molecule has 84 valence electrons. The summed E-state index contributed by atoms with van der Waals surface area (Å²) in [4.78, 5) is 13.0. The van der Waals surface area contributed by atoms with E-state index < -0.39 is 17.1 Å². The Labute approximate surface area is 87.6 Å². The molecule has 1 aliphatic heterocycles. The van der Waals surface area contributed by atoms with Gasteiger partial charge in [0.2, 0.25) is 0 Å². The molecule has 4 nitrogen and oxygen atoms in total. The van der Waals surface area contributed by atoms with Crippen molar-refractivity contribution in [2.45, 2.75) is 12.2 Å². The Morgan fingerprint density at radius 1 is 1.25 bits per heavy atom. The molecular weight excluding hydrogens is 225 g/mol. The third-order valence-electron chi connectivity index (χ3n) is 2.14. The fourth-order valence-corrected chi connectivity index (χ4v) is 1.32. The number of nitro groups is 1. The van der Waals surface area contributed by atoms with Crippen molar-refractivity contribution < 1.29 is 18.1 Å². The summed E-state index contributed by atoms with van der Waals surface area (Å²) in [6, 6.07) is 3.10. The molecule has 0 amide bonds. The van der Waals surface area contributed by atoms with Crippen LogP contribution in [0.25, 0.3) is 0 Å². The highest BCUT2D eigenvalue weighted by Crippen LogP contribution is 2.35. The summed E-state index contributed by atoms with van der Waals surface area (Å²) >= 11 is 0. The van der Waals surface area contributed by atoms with Crippen molar-refractivity contribution in [2.75, 3.05) is 0 Å². The average Bonchev–Trinajstić information content (AvgIpc) is 2.96. The van der Waals surface area contributed by atoms with Crippen LogP contribution in [0.2, 0.25) is 0 Å². The minimum atomic E-state index is -4.36. The van der Waals surface area contributed by atoms with Gasteiger partial charge >= 0.3 is 6.18 Å². The Morgan fingerprint density at radius 3 is 2.19 bits per heavy atom. The Hall–Kier alpha value is -1.92. The van der Waals surface area contributed by atoms with Gasteiger partial charge in [-0.1, -0.05) is 0 Å². The number of benzene rings is 1. The van der Waals surface area contributed by atoms with E-state index in [-0.39, 0.29) is 17.0 Å². The van der Waals surface area contributed by atoms with Crippen LogP contribution >= 0.6 is 0 Å². The summed E-state index contributed by atoms with van der Waals surface area (Å²) in [6.07, 6.45) is -4.36. The predicted octanol–water partition coefficient (Wildman–Crippen LogP) is 2.33. The second-order valence-electron chi connectivity index (χ2n) is 3.26. The smallest absolute Gasteiger partial charge is 0.267 e. The van der Waals surface area contributed by atoms with Crippen LogP contribution in [0.1, 0.15) is 5.56 Å². The number of hydrogen-bond donors (Lipinski definition) is 0. The zero-order valence-electron chi connectivity index (χ0n) is 7.73. The van der Waals surface area contributed by atoms with Gasteiger partial charge in [0.1, 0.15) is 0 Å². The second kappa shape index (κ2) is 3.29. The first-order valence-corrected chi connectivity index (χ1v) is 4.29. The lowest BCUT2D eigenvalue weighted by Crippen LogP contribution is -2.21. The largest absolute Gasteiger partial charge is 0.416 e. The van der Waals surface area contributed by atoms with Crippen molar-refractivity contribution in [3.8, 4) is 0 Å². The first-order valence-electron chi connectivity index (χ1n) is 4.29. The molecule has 0 aliphatic carbocycles. The molecule has 0 saturated carbocycles. The summed E-state index contributed by atoms with van der Waals surface area (Å²) in [5.74, 6) is 0. The number of alkyl halides is 3. The molecule has 1 unspecified atom stereocenters. The number of halogens is 3. The van der Waals surface area contributed by atoms with Gasteiger partial charge in [-0.2, -0.15) is 13.2 Å². The molecule has 2 rings (SSSR count). The van der Waals surface area contributed by atoms with Crippen LogP contribution in [0.15, 0.2) is 29.3 Å². The molecular formula is C9H5F3N2O2. The van der Waals surface area contributed by atoms with E-state index in [0.717, 1.165) is 12.1 Å². The fraction of sp³-hybridized carbons (Fsp3) is 0.222. The zero-order chi connectivity index (χ0) is 11.9. The van der Waals surface area contributed by atoms with Crippen molar-refractivity contribution in [1.29, 1.82) is 0 Å². The molecule has 1 aromatic carbocycles. The van der Waals surface area contributed by atoms with E-state index in [1.165, 1.54) is 12.1 Å². The molecule has 0 N–H and O–H groups in total. The lowest BCUT2D eigenvalue weighted by atomic mass is 10.1. The average molecular weight is 230 g/mol. The first kappa shape index (κ1) is 10.6. The van der Waals surface area contributed by atoms with Gasteiger partial charge < -0.3 is 0 Å². The standard InChI is InChI=1S/C9H5F3N2O2/c10-9(11,12)8-7(13-8)5-1-3-6(4-2-5)14(15)16/h1-4,8H. The van der Waals surface area contributed by atoms with Crippen LogP contribution in [-0.4, -0.2) is 22.9 Å². The molecule has 1 aliphatic rings. The summed E-state index contributed by atoms with van der Waals surface area (Å²) in [5.41, 5.74) is 0.0453. The lowest BCUT2D eigenvalue weighted by Gasteiger charge is -2.02. The molecule has 16 heavy (non-hydrogen) atoms. The van der Waals surface area contributed by atoms with Crippen LogP contribution < -0.4 is 0 Å². The van der Waals surface area contributed by atoms with E-state index in [1.54, 1.807) is 0 Å². The van der Waals surface area contributed by atoms with Gasteiger partial charge in [0.25, 0.3) is 5.69 Å². The number of rotatable bonds is 2. The topological polar surface area (TPSA) is 55.5 Å². The third kappa shape index (κ3) is 1.88. The van der Waals surface area contributed by atoms with E-state index in [4.69, 9.17) is 0 Å². The first-order chi connectivity index (χ1) is 7.39. The molecule has 0 radical (unpaired) electrons. The maximum Gasteiger partial charge on any atom is 0.416 e. The van der Waals surface area contributed by atoms with Gasteiger partial charge in [-0.25, -0.2) is 0 Å². The van der Waals surface area contributed by atoms with Gasteiger partial charge in [-0.3, -0.25) is 15.1 Å². The summed E-state index contributed by atoms with van der Waals surface area (Å²) in [7, 11) is 0. The highest BCUT2D eigenvalue weighted by molar-refractivity contribution is 6.14.